The summed E-state index contributed by atoms with van der Waals surface area (Å²) in [5.41, 5.74) is 2.94. The van der Waals surface area contributed by atoms with Crippen LogP contribution in [0.5, 0.6) is 0 Å². The van der Waals surface area contributed by atoms with Gasteiger partial charge in [-0.25, -0.2) is 0 Å². The molecule has 2 nitrogen and oxygen atoms in total. The van der Waals surface area contributed by atoms with Crippen molar-refractivity contribution in [3.8, 4) is 0 Å². The molecular weight excluding hydrogens is 150 g/mol. The number of hydrogen-bond donors (Lipinski definition) is 1. The van der Waals surface area contributed by atoms with Gasteiger partial charge in [0.2, 0.25) is 0 Å². The topological polar surface area (TPSA) is 32.9 Å². The first-order chi connectivity index (χ1) is 5.63. The van der Waals surface area contributed by atoms with Crippen LogP contribution in [-0.4, -0.2) is 11.3 Å². The number of carbonyl (C=O) groups is 1. The van der Waals surface area contributed by atoms with Gasteiger partial charge in [-0.15, -0.1) is 0 Å². The molecule has 66 valence electrons. The van der Waals surface area contributed by atoms with Gasteiger partial charge >= 0.3 is 0 Å². The minimum absolute atomic E-state index is 0.596. The summed E-state index contributed by atoms with van der Waals surface area (Å²) in [6.07, 6.45) is 1.86. The Morgan fingerprint density at radius 1 is 1.58 bits per heavy atom. The highest BCUT2D eigenvalue weighted by atomic mass is 16.1. The van der Waals surface area contributed by atoms with Gasteiger partial charge in [-0.1, -0.05) is 13.8 Å². The molecule has 1 heterocycles. The summed E-state index contributed by atoms with van der Waals surface area (Å²) in [6.45, 7) is 6.27. The normalized spacial score (nSPS) is 10.7. The molecule has 1 N–H and O–H groups in total. The van der Waals surface area contributed by atoms with Gasteiger partial charge in [0.05, 0.1) is 5.69 Å². The van der Waals surface area contributed by atoms with Crippen molar-refractivity contribution in [2.45, 2.75) is 27.2 Å². The van der Waals surface area contributed by atoms with Crippen molar-refractivity contribution in [2.24, 2.45) is 5.92 Å². The minimum Gasteiger partial charge on any atom is -0.356 e. The molecule has 0 fully saturated rings. The molecule has 0 aliphatic carbocycles. The molecule has 0 aromatic carbocycles. The third-order valence-electron chi connectivity index (χ3n) is 1.81. The average molecular weight is 165 g/mol. The summed E-state index contributed by atoms with van der Waals surface area (Å²) in [6, 6.07) is 2.05. The van der Waals surface area contributed by atoms with Gasteiger partial charge in [0.1, 0.15) is 0 Å². The smallest absolute Gasteiger partial charge is 0.166 e. The molecule has 1 aromatic heterocycles. The fraction of sp³-hybridized carbons (Fsp3) is 0.500. The third-order valence-corrected chi connectivity index (χ3v) is 1.81. The van der Waals surface area contributed by atoms with Crippen LogP contribution >= 0.6 is 0 Å². The van der Waals surface area contributed by atoms with Gasteiger partial charge in [-0.3, -0.25) is 4.79 Å². The van der Waals surface area contributed by atoms with Crippen molar-refractivity contribution in [3.05, 3.63) is 23.0 Å². The number of carbonyl (C=O) groups excluding carboxylic acids is 1. The van der Waals surface area contributed by atoms with E-state index in [4.69, 9.17) is 0 Å². The zero-order valence-electron chi connectivity index (χ0n) is 7.85. The van der Waals surface area contributed by atoms with E-state index in [2.05, 4.69) is 18.8 Å². The number of aromatic amines is 1. The van der Waals surface area contributed by atoms with E-state index < -0.39 is 0 Å². The standard InChI is InChI=1S/C10H15NO/c1-7(2)4-9-5-8(3)11-10(9)6-12/h5-7,11H,4H2,1-3H3. The second-order valence-electron chi connectivity index (χ2n) is 3.61. The number of H-pyrrole nitrogens is 1. The fourth-order valence-corrected chi connectivity index (χ4v) is 1.38. The SMILES string of the molecule is Cc1cc(CC(C)C)c(C=O)[nH]1. The maximum atomic E-state index is 10.6. The Hall–Kier alpha value is -1.05. The highest BCUT2D eigenvalue weighted by Crippen LogP contribution is 2.13. The molecule has 1 rings (SSSR count). The lowest BCUT2D eigenvalue weighted by Gasteiger charge is -2.01. The molecule has 0 unspecified atom stereocenters. The third kappa shape index (κ3) is 1.97. The van der Waals surface area contributed by atoms with Crippen molar-refractivity contribution in [1.82, 2.24) is 4.98 Å². The second kappa shape index (κ2) is 3.57. The molecule has 12 heavy (non-hydrogen) atoms. The lowest BCUT2D eigenvalue weighted by Crippen LogP contribution is -1.95. The fourth-order valence-electron chi connectivity index (χ4n) is 1.38. The highest BCUT2D eigenvalue weighted by molar-refractivity contribution is 5.74. The number of aldehydes is 1. The van der Waals surface area contributed by atoms with Gasteiger partial charge in [-0.2, -0.15) is 0 Å². The molecule has 0 saturated heterocycles. The first-order valence-corrected chi connectivity index (χ1v) is 4.27. The first-order valence-electron chi connectivity index (χ1n) is 4.27. The molecule has 1 aromatic rings. The van der Waals surface area contributed by atoms with Crippen LogP contribution in [0.4, 0.5) is 0 Å². The highest BCUT2D eigenvalue weighted by Gasteiger charge is 2.06. The molecule has 2 heteroatoms. The summed E-state index contributed by atoms with van der Waals surface area (Å²) in [5, 5.41) is 0. The Labute approximate surface area is 73.0 Å². The van der Waals surface area contributed by atoms with Crippen LogP contribution in [0.2, 0.25) is 0 Å². The summed E-state index contributed by atoms with van der Waals surface area (Å²) in [5.74, 6) is 0.596. The summed E-state index contributed by atoms with van der Waals surface area (Å²) in [4.78, 5) is 13.6. The molecule has 0 radical (unpaired) electrons. The van der Waals surface area contributed by atoms with E-state index in [1.54, 1.807) is 0 Å². The minimum atomic E-state index is 0.596. The van der Waals surface area contributed by atoms with E-state index in [9.17, 15) is 4.79 Å². The molecule has 0 aliphatic heterocycles. The molecule has 0 atom stereocenters. The van der Waals surface area contributed by atoms with Crippen LogP contribution in [0.1, 0.15) is 35.6 Å². The predicted octanol–water partition coefficient (Wildman–Crippen LogP) is 2.33. The Bertz CT molecular complexity index is 273. The van der Waals surface area contributed by atoms with E-state index in [1.807, 2.05) is 13.0 Å². The van der Waals surface area contributed by atoms with Crippen LogP contribution in [-0.2, 0) is 6.42 Å². The molecule has 0 amide bonds. The quantitative estimate of drug-likeness (QED) is 0.685. The number of aromatic nitrogens is 1. The lowest BCUT2D eigenvalue weighted by molar-refractivity contribution is 0.111. The van der Waals surface area contributed by atoms with Crippen LogP contribution in [0, 0.1) is 12.8 Å². The summed E-state index contributed by atoms with van der Waals surface area (Å²) < 4.78 is 0. The van der Waals surface area contributed by atoms with Crippen LogP contribution in [0.3, 0.4) is 0 Å². The van der Waals surface area contributed by atoms with Crippen molar-refractivity contribution in [2.75, 3.05) is 0 Å². The van der Waals surface area contributed by atoms with Crippen LogP contribution in [0.25, 0.3) is 0 Å². The monoisotopic (exact) mass is 165 g/mol. The van der Waals surface area contributed by atoms with Gasteiger partial charge in [0.15, 0.2) is 6.29 Å². The van der Waals surface area contributed by atoms with Crippen molar-refractivity contribution < 1.29 is 4.79 Å². The van der Waals surface area contributed by atoms with E-state index in [1.165, 1.54) is 0 Å². The number of nitrogens with one attached hydrogen (secondary N) is 1. The van der Waals surface area contributed by atoms with Crippen molar-refractivity contribution in [1.29, 1.82) is 0 Å². The van der Waals surface area contributed by atoms with Gasteiger partial charge in [0, 0.05) is 5.69 Å². The van der Waals surface area contributed by atoms with Crippen molar-refractivity contribution >= 4 is 6.29 Å². The largest absolute Gasteiger partial charge is 0.356 e. The molecular formula is C10H15NO. The molecule has 0 spiro atoms. The zero-order valence-corrected chi connectivity index (χ0v) is 7.85. The summed E-state index contributed by atoms with van der Waals surface area (Å²) >= 11 is 0. The van der Waals surface area contributed by atoms with Gasteiger partial charge in [0.25, 0.3) is 0 Å². The molecule has 0 saturated carbocycles. The Balaban J connectivity index is 2.89. The maximum Gasteiger partial charge on any atom is 0.166 e. The average Bonchev–Trinajstić information content (AvgIpc) is 2.29. The molecule has 0 aliphatic rings. The number of hydrogen-bond acceptors (Lipinski definition) is 1. The van der Waals surface area contributed by atoms with Crippen LogP contribution < -0.4 is 0 Å². The second-order valence-corrected chi connectivity index (χ2v) is 3.61. The van der Waals surface area contributed by atoms with Gasteiger partial charge in [-0.05, 0) is 30.9 Å². The zero-order chi connectivity index (χ0) is 9.14. The predicted molar refractivity (Wildman–Crippen MR) is 49.5 cm³/mol. The van der Waals surface area contributed by atoms with E-state index in [0.717, 1.165) is 29.7 Å². The Kier molecular flexibility index (Phi) is 2.69. The number of rotatable bonds is 3. The molecule has 0 bridgehead atoms. The lowest BCUT2D eigenvalue weighted by atomic mass is 10.0. The van der Waals surface area contributed by atoms with Crippen LogP contribution in [0.15, 0.2) is 6.07 Å². The van der Waals surface area contributed by atoms with Crippen molar-refractivity contribution in [3.63, 3.8) is 0 Å². The Morgan fingerprint density at radius 2 is 2.25 bits per heavy atom. The Morgan fingerprint density at radius 3 is 2.75 bits per heavy atom. The number of aryl methyl sites for hydroxylation is 1. The van der Waals surface area contributed by atoms with E-state index in [-0.39, 0.29) is 0 Å². The van der Waals surface area contributed by atoms with E-state index in [0.29, 0.717) is 5.92 Å². The van der Waals surface area contributed by atoms with Gasteiger partial charge < -0.3 is 4.98 Å². The maximum absolute atomic E-state index is 10.6. The van der Waals surface area contributed by atoms with E-state index >= 15 is 0 Å². The summed E-state index contributed by atoms with van der Waals surface area (Å²) in [7, 11) is 0. The first kappa shape index (κ1) is 9.04.